The van der Waals surface area contributed by atoms with Crippen molar-refractivity contribution >= 4 is 0 Å². The number of aryl methyl sites for hydroxylation is 1. The highest BCUT2D eigenvalue weighted by Crippen LogP contribution is 2.22. The number of nitrogens with zero attached hydrogens (tertiary/aromatic N) is 4. The van der Waals surface area contributed by atoms with Gasteiger partial charge in [0, 0.05) is 35.9 Å². The van der Waals surface area contributed by atoms with Gasteiger partial charge >= 0.3 is 0 Å². The van der Waals surface area contributed by atoms with E-state index in [1.807, 2.05) is 45.0 Å². The Labute approximate surface area is 117 Å². The number of hydrogen-bond donors (Lipinski definition) is 0. The zero-order valence-electron chi connectivity index (χ0n) is 11.7. The van der Waals surface area contributed by atoms with Crippen LogP contribution in [0, 0.1) is 6.92 Å². The summed E-state index contributed by atoms with van der Waals surface area (Å²) in [5.74, 6) is 1.09. The lowest BCUT2D eigenvalue weighted by Gasteiger charge is -1.94. The quantitative estimate of drug-likeness (QED) is 0.711. The Bertz CT molecular complexity index is 664. The second-order valence-corrected chi connectivity index (χ2v) is 3.84. The van der Waals surface area contributed by atoms with Crippen LogP contribution in [0.25, 0.3) is 22.8 Å². The summed E-state index contributed by atoms with van der Waals surface area (Å²) in [6.45, 7) is 5.91. The van der Waals surface area contributed by atoms with Crippen LogP contribution >= 0.6 is 0 Å². The van der Waals surface area contributed by atoms with E-state index < -0.39 is 0 Å². The lowest BCUT2D eigenvalue weighted by molar-refractivity contribution is 0.432. The molecule has 0 saturated heterocycles. The predicted molar refractivity (Wildman–Crippen MR) is 76.8 cm³/mol. The van der Waals surface area contributed by atoms with Crippen LogP contribution < -0.4 is 0 Å². The van der Waals surface area contributed by atoms with Crippen LogP contribution in [0.1, 0.15) is 19.5 Å². The van der Waals surface area contributed by atoms with Gasteiger partial charge < -0.3 is 4.52 Å². The molecule has 0 saturated carbocycles. The molecule has 0 radical (unpaired) electrons. The molecule has 0 bridgehead atoms. The van der Waals surface area contributed by atoms with E-state index in [1.54, 1.807) is 18.6 Å². The van der Waals surface area contributed by atoms with Crippen molar-refractivity contribution in [3.05, 3.63) is 48.5 Å². The summed E-state index contributed by atoms with van der Waals surface area (Å²) in [6.07, 6.45) is 5.15. The van der Waals surface area contributed by atoms with Gasteiger partial charge in [-0.2, -0.15) is 0 Å². The van der Waals surface area contributed by atoms with E-state index in [4.69, 9.17) is 4.52 Å². The summed E-state index contributed by atoms with van der Waals surface area (Å²) >= 11 is 0. The van der Waals surface area contributed by atoms with E-state index >= 15 is 0 Å². The van der Waals surface area contributed by atoms with Gasteiger partial charge in [0.15, 0.2) is 5.82 Å². The van der Waals surface area contributed by atoms with Crippen molar-refractivity contribution in [3.8, 4) is 22.8 Å². The maximum atomic E-state index is 5.26. The first-order chi connectivity index (χ1) is 9.83. The van der Waals surface area contributed by atoms with Crippen LogP contribution in [0.2, 0.25) is 0 Å². The summed E-state index contributed by atoms with van der Waals surface area (Å²) in [6, 6.07) is 7.42. The van der Waals surface area contributed by atoms with Crippen LogP contribution in [-0.4, -0.2) is 20.1 Å². The van der Waals surface area contributed by atoms with Gasteiger partial charge in [-0.3, -0.25) is 4.98 Å². The molecule has 3 rings (SSSR count). The molecular formula is C15H16N4O. The standard InChI is InChI=1S/C13H10N4O.C2H6/c1-9-4-6-15-13(16-9)12-7-11(17-18-12)10-3-2-5-14-8-10;1-2/h2-8H,1H3;1-2H3. The number of rotatable bonds is 2. The molecule has 0 unspecified atom stereocenters. The molecule has 0 aromatic carbocycles. The van der Waals surface area contributed by atoms with Crippen LogP contribution in [0.15, 0.2) is 47.4 Å². The van der Waals surface area contributed by atoms with E-state index in [9.17, 15) is 0 Å². The summed E-state index contributed by atoms with van der Waals surface area (Å²) in [5.41, 5.74) is 2.52. The van der Waals surface area contributed by atoms with E-state index in [2.05, 4.69) is 20.1 Å². The van der Waals surface area contributed by atoms with Crippen molar-refractivity contribution in [2.45, 2.75) is 20.8 Å². The van der Waals surface area contributed by atoms with Gasteiger partial charge in [0.1, 0.15) is 5.69 Å². The first kappa shape index (κ1) is 13.9. The fourth-order valence-electron chi connectivity index (χ4n) is 1.60. The first-order valence-electron chi connectivity index (χ1n) is 6.50. The summed E-state index contributed by atoms with van der Waals surface area (Å²) in [7, 11) is 0. The molecule has 0 atom stereocenters. The minimum Gasteiger partial charge on any atom is -0.352 e. The van der Waals surface area contributed by atoms with Gasteiger partial charge in [0.25, 0.3) is 0 Å². The van der Waals surface area contributed by atoms with Crippen molar-refractivity contribution in [3.63, 3.8) is 0 Å². The Balaban J connectivity index is 0.000000704. The first-order valence-corrected chi connectivity index (χ1v) is 6.50. The molecule has 0 amide bonds. The Morgan fingerprint density at radius 3 is 2.65 bits per heavy atom. The van der Waals surface area contributed by atoms with Crippen molar-refractivity contribution in [2.75, 3.05) is 0 Å². The SMILES string of the molecule is CC.Cc1ccnc(-c2cc(-c3cccnc3)no2)n1. The molecule has 102 valence electrons. The predicted octanol–water partition coefficient (Wildman–Crippen LogP) is 3.53. The van der Waals surface area contributed by atoms with E-state index in [-0.39, 0.29) is 0 Å². The van der Waals surface area contributed by atoms with Gasteiger partial charge in [0.2, 0.25) is 5.76 Å². The number of aromatic nitrogens is 4. The third kappa shape index (κ3) is 3.06. The third-order valence-corrected chi connectivity index (χ3v) is 2.48. The van der Waals surface area contributed by atoms with Crippen LogP contribution in [0.3, 0.4) is 0 Å². The fourth-order valence-corrected chi connectivity index (χ4v) is 1.60. The molecule has 20 heavy (non-hydrogen) atoms. The van der Waals surface area contributed by atoms with Crippen molar-refractivity contribution in [1.82, 2.24) is 20.1 Å². The van der Waals surface area contributed by atoms with Crippen molar-refractivity contribution < 1.29 is 4.52 Å². The number of pyridine rings is 1. The summed E-state index contributed by atoms with van der Waals surface area (Å²) in [4.78, 5) is 12.5. The van der Waals surface area contributed by atoms with Gasteiger partial charge in [-0.15, -0.1) is 0 Å². The Kier molecular flexibility index (Phi) is 4.55. The summed E-state index contributed by atoms with van der Waals surface area (Å²) < 4.78 is 5.26. The third-order valence-electron chi connectivity index (χ3n) is 2.48. The molecule has 5 heteroatoms. The maximum Gasteiger partial charge on any atom is 0.204 e. The lowest BCUT2D eigenvalue weighted by atomic mass is 10.2. The number of hydrogen-bond acceptors (Lipinski definition) is 5. The van der Waals surface area contributed by atoms with Crippen molar-refractivity contribution in [1.29, 1.82) is 0 Å². The van der Waals surface area contributed by atoms with E-state index in [0.717, 1.165) is 17.0 Å². The van der Waals surface area contributed by atoms with Crippen molar-refractivity contribution in [2.24, 2.45) is 0 Å². The Morgan fingerprint density at radius 1 is 1.10 bits per heavy atom. The highest BCUT2D eigenvalue weighted by Gasteiger charge is 2.10. The van der Waals surface area contributed by atoms with Crippen LogP contribution in [0.5, 0.6) is 0 Å². The van der Waals surface area contributed by atoms with E-state index in [0.29, 0.717) is 11.6 Å². The zero-order chi connectivity index (χ0) is 14.4. The Morgan fingerprint density at radius 2 is 1.95 bits per heavy atom. The van der Waals surface area contributed by atoms with E-state index in [1.165, 1.54) is 0 Å². The molecule has 0 aliphatic rings. The molecule has 5 nitrogen and oxygen atoms in total. The average molecular weight is 268 g/mol. The molecule has 0 aliphatic carbocycles. The van der Waals surface area contributed by atoms with Gasteiger partial charge in [-0.05, 0) is 25.1 Å². The fraction of sp³-hybridized carbons (Fsp3) is 0.200. The maximum absolute atomic E-state index is 5.26. The largest absolute Gasteiger partial charge is 0.352 e. The molecule has 0 fully saturated rings. The van der Waals surface area contributed by atoms with Crippen LogP contribution in [0.4, 0.5) is 0 Å². The molecule has 3 heterocycles. The smallest absolute Gasteiger partial charge is 0.204 e. The second kappa shape index (κ2) is 6.56. The molecule has 0 aliphatic heterocycles. The minimum absolute atomic E-state index is 0.539. The zero-order valence-corrected chi connectivity index (χ0v) is 11.7. The minimum atomic E-state index is 0.539. The monoisotopic (exact) mass is 268 g/mol. The topological polar surface area (TPSA) is 64.7 Å². The highest BCUT2D eigenvalue weighted by molar-refractivity contribution is 5.62. The normalized spacial score (nSPS) is 9.75. The van der Waals surface area contributed by atoms with Gasteiger partial charge in [-0.1, -0.05) is 19.0 Å². The Hall–Kier alpha value is -2.56. The van der Waals surface area contributed by atoms with Gasteiger partial charge in [-0.25, -0.2) is 9.97 Å². The molecule has 3 aromatic rings. The molecule has 0 spiro atoms. The van der Waals surface area contributed by atoms with Gasteiger partial charge in [0.05, 0.1) is 0 Å². The molecule has 0 N–H and O–H groups in total. The molecule has 3 aromatic heterocycles. The lowest BCUT2D eigenvalue weighted by Crippen LogP contribution is -1.88. The highest BCUT2D eigenvalue weighted by atomic mass is 16.5. The molecular weight excluding hydrogens is 252 g/mol. The second-order valence-electron chi connectivity index (χ2n) is 3.84. The average Bonchev–Trinajstić information content (AvgIpc) is 3.00. The summed E-state index contributed by atoms with van der Waals surface area (Å²) in [5, 5.41) is 4.00. The van der Waals surface area contributed by atoms with Crippen LogP contribution in [-0.2, 0) is 0 Å².